The fraction of sp³-hybridized carbons (Fsp3) is 0.364. The Labute approximate surface area is 112 Å². The molecule has 0 radical (unpaired) electrons. The summed E-state index contributed by atoms with van der Waals surface area (Å²) in [5.74, 6) is 0. The standard InChI is InChI=1S/C11H14N4.2ClH/c1-2-11-8(6-13-15-11)5-9(1)14-10-3-4-12-7-10;;/h1-2,5-6,10,12,14H,3-4,7H2,(H,13,15);2*1H/t10-;;/m1../s1. The number of H-pyrrole nitrogens is 1. The Bertz CT molecular complexity index is 465. The van der Waals surface area contributed by atoms with Crippen LogP contribution in [0.3, 0.4) is 0 Å². The highest BCUT2D eigenvalue weighted by molar-refractivity contribution is 5.85. The molecule has 1 aromatic heterocycles. The van der Waals surface area contributed by atoms with Gasteiger partial charge in [-0.15, -0.1) is 24.8 Å². The van der Waals surface area contributed by atoms with Crippen molar-refractivity contribution < 1.29 is 0 Å². The van der Waals surface area contributed by atoms with E-state index in [0.717, 1.165) is 24.0 Å². The van der Waals surface area contributed by atoms with Crippen molar-refractivity contribution in [2.45, 2.75) is 12.5 Å². The van der Waals surface area contributed by atoms with E-state index in [9.17, 15) is 0 Å². The van der Waals surface area contributed by atoms with Crippen LogP contribution in [0.4, 0.5) is 5.69 Å². The summed E-state index contributed by atoms with van der Waals surface area (Å²) in [7, 11) is 0. The number of nitrogens with zero attached hydrogens (tertiary/aromatic N) is 1. The van der Waals surface area contributed by atoms with E-state index in [-0.39, 0.29) is 24.8 Å². The molecule has 1 atom stereocenters. The summed E-state index contributed by atoms with van der Waals surface area (Å²) in [5.41, 5.74) is 2.27. The molecule has 2 heterocycles. The molecule has 1 saturated heterocycles. The second-order valence-corrected chi connectivity index (χ2v) is 4.01. The van der Waals surface area contributed by atoms with Crippen molar-refractivity contribution in [1.82, 2.24) is 15.5 Å². The van der Waals surface area contributed by atoms with Crippen LogP contribution in [0, 0.1) is 0 Å². The second-order valence-electron chi connectivity index (χ2n) is 4.01. The molecule has 2 aromatic rings. The number of hydrogen-bond acceptors (Lipinski definition) is 3. The molecule has 1 aliphatic rings. The van der Waals surface area contributed by atoms with Crippen molar-refractivity contribution in [2.24, 2.45) is 0 Å². The van der Waals surface area contributed by atoms with Gasteiger partial charge in [0.05, 0.1) is 11.7 Å². The zero-order valence-electron chi connectivity index (χ0n) is 9.27. The van der Waals surface area contributed by atoms with Crippen LogP contribution in [0.25, 0.3) is 10.9 Å². The summed E-state index contributed by atoms with van der Waals surface area (Å²) < 4.78 is 0. The van der Waals surface area contributed by atoms with Crippen LogP contribution < -0.4 is 10.6 Å². The van der Waals surface area contributed by atoms with Crippen molar-refractivity contribution in [2.75, 3.05) is 18.4 Å². The number of benzene rings is 1. The minimum absolute atomic E-state index is 0. The second kappa shape index (κ2) is 6.10. The lowest BCUT2D eigenvalue weighted by atomic mass is 10.2. The fourth-order valence-corrected chi connectivity index (χ4v) is 2.05. The van der Waals surface area contributed by atoms with Crippen molar-refractivity contribution in [3.8, 4) is 0 Å². The van der Waals surface area contributed by atoms with E-state index in [1.807, 2.05) is 6.20 Å². The normalized spacial score (nSPS) is 18.5. The summed E-state index contributed by atoms with van der Waals surface area (Å²) in [6.07, 6.45) is 3.05. The van der Waals surface area contributed by atoms with Gasteiger partial charge in [0.25, 0.3) is 0 Å². The van der Waals surface area contributed by atoms with E-state index in [1.54, 1.807) is 0 Å². The number of anilines is 1. The van der Waals surface area contributed by atoms with Crippen LogP contribution in [-0.2, 0) is 0 Å². The lowest BCUT2D eigenvalue weighted by Crippen LogP contribution is -2.21. The molecule has 17 heavy (non-hydrogen) atoms. The van der Waals surface area contributed by atoms with E-state index < -0.39 is 0 Å². The highest BCUT2D eigenvalue weighted by Crippen LogP contribution is 2.18. The molecule has 6 heteroatoms. The fourth-order valence-electron chi connectivity index (χ4n) is 2.05. The van der Waals surface area contributed by atoms with Gasteiger partial charge in [-0.2, -0.15) is 5.10 Å². The minimum atomic E-state index is 0. The molecule has 3 N–H and O–H groups in total. The Morgan fingerprint density at radius 2 is 2.18 bits per heavy atom. The van der Waals surface area contributed by atoms with Crippen LogP contribution in [0.1, 0.15) is 6.42 Å². The average molecular weight is 275 g/mol. The third-order valence-electron chi connectivity index (χ3n) is 2.87. The number of nitrogens with one attached hydrogen (secondary N) is 3. The molecule has 0 saturated carbocycles. The monoisotopic (exact) mass is 274 g/mol. The van der Waals surface area contributed by atoms with E-state index in [0.29, 0.717) is 6.04 Å². The molecule has 94 valence electrons. The van der Waals surface area contributed by atoms with E-state index in [4.69, 9.17) is 0 Å². The number of halogens is 2. The van der Waals surface area contributed by atoms with Gasteiger partial charge in [-0.25, -0.2) is 0 Å². The highest BCUT2D eigenvalue weighted by Gasteiger charge is 2.13. The largest absolute Gasteiger partial charge is 0.381 e. The van der Waals surface area contributed by atoms with Gasteiger partial charge in [-0.1, -0.05) is 0 Å². The molecular formula is C11H16Cl2N4. The Balaban J connectivity index is 0.000000722. The van der Waals surface area contributed by atoms with Gasteiger partial charge in [-0.05, 0) is 31.2 Å². The molecule has 0 amide bonds. The Morgan fingerprint density at radius 1 is 1.29 bits per heavy atom. The van der Waals surface area contributed by atoms with Gasteiger partial charge in [0.1, 0.15) is 0 Å². The van der Waals surface area contributed by atoms with Gasteiger partial charge >= 0.3 is 0 Å². The minimum Gasteiger partial charge on any atom is -0.381 e. The number of aromatic nitrogens is 2. The summed E-state index contributed by atoms with van der Waals surface area (Å²) >= 11 is 0. The molecule has 0 unspecified atom stereocenters. The number of rotatable bonds is 2. The molecule has 1 aliphatic heterocycles. The van der Waals surface area contributed by atoms with Crippen LogP contribution in [0.5, 0.6) is 0 Å². The predicted molar refractivity (Wildman–Crippen MR) is 75.5 cm³/mol. The summed E-state index contributed by atoms with van der Waals surface area (Å²) in [5, 5.41) is 15.0. The molecular weight excluding hydrogens is 259 g/mol. The predicted octanol–water partition coefficient (Wildman–Crippen LogP) is 2.18. The van der Waals surface area contributed by atoms with Crippen molar-refractivity contribution in [3.05, 3.63) is 24.4 Å². The maximum absolute atomic E-state index is 4.01. The molecule has 0 spiro atoms. The average Bonchev–Trinajstić information content (AvgIpc) is 2.87. The lowest BCUT2D eigenvalue weighted by molar-refractivity contribution is 0.793. The molecule has 1 fully saturated rings. The zero-order valence-corrected chi connectivity index (χ0v) is 10.9. The quantitative estimate of drug-likeness (QED) is 0.787. The smallest absolute Gasteiger partial charge is 0.0651 e. The van der Waals surface area contributed by atoms with E-state index in [1.165, 1.54) is 12.1 Å². The first-order valence-electron chi connectivity index (χ1n) is 5.32. The number of hydrogen-bond donors (Lipinski definition) is 3. The van der Waals surface area contributed by atoms with Crippen molar-refractivity contribution >= 4 is 41.4 Å². The molecule has 0 aliphatic carbocycles. The molecule has 3 rings (SSSR count). The lowest BCUT2D eigenvalue weighted by Gasteiger charge is -2.12. The Kier molecular flexibility index (Phi) is 5.05. The summed E-state index contributed by atoms with van der Waals surface area (Å²) in [4.78, 5) is 0. The number of aromatic amines is 1. The van der Waals surface area contributed by atoms with Crippen LogP contribution in [0.15, 0.2) is 24.4 Å². The van der Waals surface area contributed by atoms with Crippen molar-refractivity contribution in [1.29, 1.82) is 0 Å². The van der Waals surface area contributed by atoms with Crippen LogP contribution in [0.2, 0.25) is 0 Å². The first-order valence-corrected chi connectivity index (χ1v) is 5.32. The summed E-state index contributed by atoms with van der Waals surface area (Å²) in [6.45, 7) is 2.18. The van der Waals surface area contributed by atoms with Crippen LogP contribution >= 0.6 is 24.8 Å². The van der Waals surface area contributed by atoms with E-state index in [2.05, 4.69) is 39.0 Å². The maximum Gasteiger partial charge on any atom is 0.0651 e. The molecule has 4 nitrogen and oxygen atoms in total. The van der Waals surface area contributed by atoms with Gasteiger partial charge in [0, 0.05) is 23.7 Å². The summed E-state index contributed by atoms with van der Waals surface area (Å²) in [6, 6.07) is 6.86. The van der Waals surface area contributed by atoms with Gasteiger partial charge in [-0.3, -0.25) is 5.10 Å². The first-order chi connectivity index (χ1) is 7.42. The highest BCUT2D eigenvalue weighted by atomic mass is 35.5. The maximum atomic E-state index is 4.01. The van der Waals surface area contributed by atoms with E-state index >= 15 is 0 Å². The first kappa shape index (κ1) is 14.1. The third-order valence-corrected chi connectivity index (χ3v) is 2.87. The van der Waals surface area contributed by atoms with Gasteiger partial charge in [0.2, 0.25) is 0 Å². The van der Waals surface area contributed by atoms with Gasteiger partial charge in [0.15, 0.2) is 0 Å². The number of fused-ring (bicyclic) bond motifs is 1. The van der Waals surface area contributed by atoms with Crippen molar-refractivity contribution in [3.63, 3.8) is 0 Å². The molecule has 1 aromatic carbocycles. The molecule has 0 bridgehead atoms. The zero-order chi connectivity index (χ0) is 10.1. The Hall–Kier alpha value is -0.970. The topological polar surface area (TPSA) is 52.7 Å². The van der Waals surface area contributed by atoms with Gasteiger partial charge < -0.3 is 10.6 Å². The third kappa shape index (κ3) is 3.03. The van der Waals surface area contributed by atoms with Crippen LogP contribution in [-0.4, -0.2) is 29.3 Å². The Morgan fingerprint density at radius 3 is 2.94 bits per heavy atom. The SMILES string of the molecule is Cl.Cl.c1cc2[nH]ncc2cc1N[C@@H]1CCNC1.